The summed E-state index contributed by atoms with van der Waals surface area (Å²) in [4.78, 5) is 34.7. The maximum atomic E-state index is 12.0. The molecule has 0 amide bonds. The van der Waals surface area contributed by atoms with E-state index >= 15 is 0 Å². The van der Waals surface area contributed by atoms with Gasteiger partial charge in [0.05, 0.1) is 0 Å². The number of hydrogen-bond donors (Lipinski definition) is 1. The summed E-state index contributed by atoms with van der Waals surface area (Å²) in [6.07, 6.45) is -4.75. The maximum Gasteiger partial charge on any atom is 0.303 e. The van der Waals surface area contributed by atoms with Crippen molar-refractivity contribution in [3.63, 3.8) is 0 Å². The molecule has 0 unspecified atom stereocenters. The second-order valence-corrected chi connectivity index (χ2v) is 5.75. The number of carbonyl (C=O) groups excluding carboxylic acids is 3. The Labute approximate surface area is 141 Å². The van der Waals surface area contributed by atoms with Crippen LogP contribution in [0.5, 0.6) is 0 Å². The monoisotopic (exact) mass is 430 g/mol. The first-order valence-electron chi connectivity index (χ1n) is 6.50. The highest BCUT2D eigenvalue weighted by atomic mass is 127. The summed E-state index contributed by atoms with van der Waals surface area (Å²) in [5.41, 5.74) is -2.14. The molecule has 1 rings (SSSR count). The SMILES string of the molecule is CO[C@@H]1O[C@H](CI)[C@@](O)(C(C)=O)[C@H](OC(C)=O)[C@H]1OC(C)=O. The van der Waals surface area contributed by atoms with Crippen LogP contribution in [0, 0.1) is 0 Å². The lowest BCUT2D eigenvalue weighted by atomic mass is 9.81. The van der Waals surface area contributed by atoms with Gasteiger partial charge in [0.15, 0.2) is 29.9 Å². The third kappa shape index (κ3) is 3.76. The third-order valence-electron chi connectivity index (χ3n) is 3.32. The standard InChI is InChI=1S/C13H19IO8/c1-6(15)13(18)9(5-14)22-12(19-4)10(20-7(2)16)11(13)21-8(3)17/h9-12,18H,5H2,1-4H3/t9-,10-,11-,12-,13+/m1/s1. The van der Waals surface area contributed by atoms with Gasteiger partial charge in [0.25, 0.3) is 0 Å². The molecule has 1 heterocycles. The normalized spacial score (nSPS) is 34.8. The lowest BCUT2D eigenvalue weighted by molar-refractivity contribution is -0.311. The largest absolute Gasteiger partial charge is 0.455 e. The molecule has 0 bridgehead atoms. The summed E-state index contributed by atoms with van der Waals surface area (Å²) < 4.78 is 21.0. The number of Topliss-reactive ketones (excluding diaryl/α,β-unsaturated/α-hetero) is 1. The molecule has 9 heteroatoms. The van der Waals surface area contributed by atoms with Crippen molar-refractivity contribution < 1.29 is 38.4 Å². The molecule has 1 aliphatic heterocycles. The van der Waals surface area contributed by atoms with Crippen LogP contribution in [0.4, 0.5) is 0 Å². The van der Waals surface area contributed by atoms with Gasteiger partial charge in [-0.05, 0) is 6.92 Å². The van der Waals surface area contributed by atoms with E-state index in [1.54, 1.807) is 0 Å². The second kappa shape index (κ2) is 7.66. The highest BCUT2D eigenvalue weighted by Crippen LogP contribution is 2.36. The number of methoxy groups -OCH3 is 1. The van der Waals surface area contributed by atoms with Crippen molar-refractivity contribution >= 4 is 40.3 Å². The molecule has 0 saturated carbocycles. The number of alkyl halides is 1. The summed E-state index contributed by atoms with van der Waals surface area (Å²) in [5, 5.41) is 10.8. The lowest BCUT2D eigenvalue weighted by Crippen LogP contribution is -2.71. The molecule has 5 atom stereocenters. The highest BCUT2D eigenvalue weighted by molar-refractivity contribution is 14.1. The summed E-state index contributed by atoms with van der Waals surface area (Å²) >= 11 is 1.93. The Morgan fingerprint density at radius 2 is 1.73 bits per heavy atom. The van der Waals surface area contributed by atoms with Crippen LogP contribution in [-0.4, -0.2) is 64.6 Å². The Morgan fingerprint density at radius 1 is 1.18 bits per heavy atom. The fourth-order valence-electron chi connectivity index (χ4n) is 2.33. The van der Waals surface area contributed by atoms with Crippen LogP contribution >= 0.6 is 22.6 Å². The molecule has 0 radical (unpaired) electrons. The van der Waals surface area contributed by atoms with E-state index in [-0.39, 0.29) is 4.43 Å². The number of ketones is 1. The van der Waals surface area contributed by atoms with Crippen LogP contribution in [0.25, 0.3) is 0 Å². The van der Waals surface area contributed by atoms with Crippen molar-refractivity contribution in [2.24, 2.45) is 0 Å². The van der Waals surface area contributed by atoms with Crippen LogP contribution in [0.3, 0.4) is 0 Å². The van der Waals surface area contributed by atoms with Gasteiger partial charge in [-0.15, -0.1) is 0 Å². The molecular formula is C13H19IO8. The topological polar surface area (TPSA) is 108 Å². The molecular weight excluding hydrogens is 411 g/mol. The van der Waals surface area contributed by atoms with Crippen LogP contribution in [0.1, 0.15) is 20.8 Å². The molecule has 0 aliphatic carbocycles. The Bertz CT molecular complexity index is 453. The number of hydrogen-bond acceptors (Lipinski definition) is 8. The van der Waals surface area contributed by atoms with Gasteiger partial charge >= 0.3 is 11.9 Å². The number of ether oxygens (including phenoxy) is 4. The molecule has 1 fully saturated rings. The zero-order valence-corrected chi connectivity index (χ0v) is 14.9. The second-order valence-electron chi connectivity index (χ2n) is 4.87. The number of halogens is 1. The van der Waals surface area contributed by atoms with E-state index in [0.717, 1.165) is 20.8 Å². The number of esters is 2. The quantitative estimate of drug-likeness (QED) is 0.368. The van der Waals surface area contributed by atoms with Gasteiger partial charge in [0, 0.05) is 25.4 Å². The fraction of sp³-hybridized carbons (Fsp3) is 0.769. The van der Waals surface area contributed by atoms with Gasteiger partial charge in [0.2, 0.25) is 0 Å². The Morgan fingerprint density at radius 3 is 2.09 bits per heavy atom. The summed E-state index contributed by atoms with van der Waals surface area (Å²) in [7, 11) is 1.31. The molecule has 0 aromatic rings. The smallest absolute Gasteiger partial charge is 0.303 e. The van der Waals surface area contributed by atoms with Gasteiger partial charge in [-0.25, -0.2) is 0 Å². The van der Waals surface area contributed by atoms with Crippen LogP contribution in [-0.2, 0) is 33.3 Å². The van der Waals surface area contributed by atoms with Crippen LogP contribution in [0.15, 0.2) is 0 Å². The van der Waals surface area contributed by atoms with Gasteiger partial charge in [0.1, 0.15) is 6.10 Å². The molecule has 0 aromatic carbocycles. The molecule has 0 aromatic heterocycles. The average molecular weight is 430 g/mol. The van der Waals surface area contributed by atoms with Crippen molar-refractivity contribution in [1.82, 2.24) is 0 Å². The Kier molecular flexibility index (Phi) is 6.71. The Hall–Kier alpha value is -0.780. The zero-order valence-electron chi connectivity index (χ0n) is 12.7. The number of rotatable bonds is 5. The molecule has 1 saturated heterocycles. The number of carbonyl (C=O) groups is 3. The van der Waals surface area contributed by atoms with Crippen LogP contribution in [0.2, 0.25) is 0 Å². The van der Waals surface area contributed by atoms with Gasteiger partial charge in [-0.1, -0.05) is 22.6 Å². The summed E-state index contributed by atoms with van der Waals surface area (Å²) in [6.45, 7) is 3.42. The van der Waals surface area contributed by atoms with E-state index in [4.69, 9.17) is 18.9 Å². The summed E-state index contributed by atoms with van der Waals surface area (Å²) in [6, 6.07) is 0. The van der Waals surface area contributed by atoms with Crippen molar-refractivity contribution in [3.05, 3.63) is 0 Å². The molecule has 1 N–H and O–H groups in total. The first kappa shape index (κ1) is 19.3. The van der Waals surface area contributed by atoms with Gasteiger partial charge in [-0.2, -0.15) is 0 Å². The molecule has 1 aliphatic rings. The zero-order chi connectivity index (χ0) is 17.1. The van der Waals surface area contributed by atoms with Crippen molar-refractivity contribution in [2.75, 3.05) is 11.5 Å². The minimum Gasteiger partial charge on any atom is -0.455 e. The van der Waals surface area contributed by atoms with Crippen molar-refractivity contribution in [2.45, 2.75) is 51.0 Å². The summed E-state index contributed by atoms with van der Waals surface area (Å²) in [5.74, 6) is -2.08. The maximum absolute atomic E-state index is 12.0. The van der Waals surface area contributed by atoms with Gasteiger partial charge in [-0.3, -0.25) is 14.4 Å². The van der Waals surface area contributed by atoms with E-state index in [1.807, 2.05) is 22.6 Å². The predicted molar refractivity (Wildman–Crippen MR) is 81.3 cm³/mol. The Balaban J connectivity index is 3.34. The van der Waals surface area contributed by atoms with Crippen LogP contribution < -0.4 is 0 Å². The van der Waals surface area contributed by atoms with E-state index in [2.05, 4.69) is 0 Å². The minimum atomic E-state index is -2.14. The predicted octanol–water partition coefficient (Wildman–Crippen LogP) is -0.0238. The van der Waals surface area contributed by atoms with E-state index < -0.39 is 47.9 Å². The fourth-order valence-corrected chi connectivity index (χ4v) is 3.21. The first-order chi connectivity index (χ1) is 10.2. The van der Waals surface area contributed by atoms with E-state index in [0.29, 0.717) is 0 Å². The number of aliphatic hydroxyl groups is 1. The average Bonchev–Trinajstić information content (AvgIpc) is 2.42. The molecule has 8 nitrogen and oxygen atoms in total. The highest BCUT2D eigenvalue weighted by Gasteiger charge is 2.61. The lowest BCUT2D eigenvalue weighted by Gasteiger charge is -2.48. The van der Waals surface area contributed by atoms with E-state index in [9.17, 15) is 19.5 Å². The minimum absolute atomic E-state index is 0.234. The molecule has 126 valence electrons. The molecule has 0 spiro atoms. The van der Waals surface area contributed by atoms with Crippen molar-refractivity contribution in [1.29, 1.82) is 0 Å². The third-order valence-corrected chi connectivity index (χ3v) is 4.12. The van der Waals surface area contributed by atoms with E-state index in [1.165, 1.54) is 7.11 Å². The molecule has 22 heavy (non-hydrogen) atoms. The van der Waals surface area contributed by atoms with Crippen molar-refractivity contribution in [3.8, 4) is 0 Å². The first-order valence-corrected chi connectivity index (χ1v) is 8.03. The van der Waals surface area contributed by atoms with Gasteiger partial charge < -0.3 is 24.1 Å².